The summed E-state index contributed by atoms with van der Waals surface area (Å²) < 4.78 is 11.4. The van der Waals surface area contributed by atoms with E-state index in [1.54, 1.807) is 0 Å². The number of carboxylic acids is 1. The van der Waals surface area contributed by atoms with Crippen LogP contribution in [0, 0.1) is 0 Å². The molecule has 1 aromatic rings. The van der Waals surface area contributed by atoms with E-state index in [-0.39, 0.29) is 36.1 Å². The Kier molecular flexibility index (Phi) is 6.70. The largest absolute Gasteiger partial charge is 0.504 e. The van der Waals surface area contributed by atoms with Gasteiger partial charge in [-0.1, -0.05) is 45.0 Å². The molecule has 7 heteroatoms. The van der Waals surface area contributed by atoms with Gasteiger partial charge in [0.05, 0.1) is 19.6 Å². The number of amides is 1. The molecule has 27 heavy (non-hydrogen) atoms. The number of hydrogen-bond donors (Lipinski definition) is 2. The Morgan fingerprint density at radius 1 is 1.26 bits per heavy atom. The number of fused-ring (bicyclic) bond motifs is 1. The van der Waals surface area contributed by atoms with Gasteiger partial charge in [0.2, 0.25) is 0 Å². The Morgan fingerprint density at radius 3 is 2.56 bits per heavy atom. The van der Waals surface area contributed by atoms with Crippen LogP contribution in [0.1, 0.15) is 44.2 Å². The third kappa shape index (κ3) is 5.56. The molecular formula is C20H31NO5Si. The number of hydrogen-bond acceptors (Lipinski definition) is 4. The summed E-state index contributed by atoms with van der Waals surface area (Å²) in [4.78, 5) is 23.2. The lowest BCUT2D eigenvalue weighted by Gasteiger charge is -2.36. The molecule has 0 heterocycles. The van der Waals surface area contributed by atoms with Crippen LogP contribution in [0.3, 0.4) is 0 Å². The van der Waals surface area contributed by atoms with E-state index >= 15 is 0 Å². The van der Waals surface area contributed by atoms with Gasteiger partial charge in [-0.15, -0.1) is 0 Å². The molecule has 0 saturated heterocycles. The summed E-state index contributed by atoms with van der Waals surface area (Å²) in [7, 11) is -2.19. The predicted octanol–water partition coefficient (Wildman–Crippen LogP) is 3.92. The number of benzene rings is 1. The highest BCUT2D eigenvalue weighted by Gasteiger charge is 2.41. The monoisotopic (exact) mass is 393 g/mol. The molecule has 2 atom stereocenters. The van der Waals surface area contributed by atoms with Crippen molar-refractivity contribution in [1.82, 2.24) is 5.32 Å². The predicted molar refractivity (Wildman–Crippen MR) is 107 cm³/mol. The van der Waals surface area contributed by atoms with Crippen molar-refractivity contribution < 1.29 is 23.9 Å². The normalized spacial score (nSPS) is 19.4. The molecule has 0 aliphatic heterocycles. The van der Waals surface area contributed by atoms with Gasteiger partial charge in [0.25, 0.3) is 8.32 Å². The Balaban J connectivity index is 2.03. The Bertz CT molecular complexity index is 683. The molecule has 0 aromatic heterocycles. The second kappa shape index (κ2) is 8.44. The van der Waals surface area contributed by atoms with Gasteiger partial charge >= 0.3 is 12.1 Å². The fraction of sp³-hybridized carbons (Fsp3) is 0.600. The maximum atomic E-state index is 12.6. The summed E-state index contributed by atoms with van der Waals surface area (Å²) in [6, 6.07) is 7.93. The lowest BCUT2D eigenvalue weighted by atomic mass is 9.99. The van der Waals surface area contributed by atoms with Gasteiger partial charge in [-0.25, -0.2) is 4.79 Å². The van der Waals surface area contributed by atoms with Crippen LogP contribution in [0.5, 0.6) is 0 Å². The fourth-order valence-corrected chi connectivity index (χ4v) is 3.80. The second-order valence-corrected chi connectivity index (χ2v) is 13.4. The van der Waals surface area contributed by atoms with Crippen LogP contribution in [0.2, 0.25) is 18.1 Å². The third-order valence-corrected chi connectivity index (χ3v) is 9.90. The van der Waals surface area contributed by atoms with Crippen molar-refractivity contribution in [3.05, 3.63) is 35.4 Å². The first-order valence-electron chi connectivity index (χ1n) is 9.38. The van der Waals surface area contributed by atoms with Crippen molar-refractivity contribution >= 4 is 20.4 Å². The molecule has 1 aliphatic rings. The lowest BCUT2D eigenvalue weighted by molar-refractivity contribution is -0.138. The van der Waals surface area contributed by atoms with Gasteiger partial charge in [0.15, 0.2) is 0 Å². The molecule has 2 rings (SSSR count). The van der Waals surface area contributed by atoms with Crippen molar-refractivity contribution in [2.45, 2.75) is 63.7 Å². The molecule has 0 radical (unpaired) electrons. The van der Waals surface area contributed by atoms with Gasteiger partial charge in [0, 0.05) is 12.0 Å². The molecule has 0 spiro atoms. The molecule has 6 nitrogen and oxygen atoms in total. The fourth-order valence-electron chi connectivity index (χ4n) is 2.97. The molecular weight excluding hydrogens is 362 g/mol. The van der Waals surface area contributed by atoms with E-state index in [4.69, 9.17) is 14.3 Å². The number of ether oxygens (including phenoxy) is 1. The first kappa shape index (κ1) is 21.4. The van der Waals surface area contributed by atoms with E-state index in [0.717, 1.165) is 12.0 Å². The van der Waals surface area contributed by atoms with Gasteiger partial charge in [-0.2, -0.15) is 0 Å². The number of rotatable bonds is 7. The summed E-state index contributed by atoms with van der Waals surface area (Å²) in [6.45, 7) is 10.9. The van der Waals surface area contributed by atoms with Crippen molar-refractivity contribution in [2.24, 2.45) is 0 Å². The molecule has 0 fully saturated rings. The molecule has 1 aromatic carbocycles. The van der Waals surface area contributed by atoms with Crippen LogP contribution in [-0.2, 0) is 20.4 Å². The maximum absolute atomic E-state index is 12.6. The minimum atomic E-state index is -2.19. The van der Waals surface area contributed by atoms with Crippen molar-refractivity contribution in [1.29, 1.82) is 0 Å². The number of carboxylic acid groups (broad SMARTS) is 1. The van der Waals surface area contributed by atoms with Gasteiger partial charge in [0.1, 0.15) is 0 Å². The summed E-state index contributed by atoms with van der Waals surface area (Å²) in [5.41, 5.74) is 2.33. The maximum Gasteiger partial charge on any atom is 0.393 e. The zero-order valence-corrected chi connectivity index (χ0v) is 17.9. The number of aliphatic carboxylic acids is 1. The minimum absolute atomic E-state index is 0.0121. The van der Waals surface area contributed by atoms with Crippen LogP contribution < -0.4 is 5.32 Å². The highest BCUT2D eigenvalue weighted by molar-refractivity contribution is 6.75. The first-order valence-corrected chi connectivity index (χ1v) is 12.3. The summed E-state index contributed by atoms with van der Waals surface area (Å²) in [5.74, 6) is -0.892. The average Bonchev–Trinajstić information content (AvgIpc) is 2.87. The number of nitrogens with one attached hydrogen (secondary N) is 1. The topological polar surface area (TPSA) is 84.9 Å². The average molecular weight is 394 g/mol. The van der Waals surface area contributed by atoms with Crippen LogP contribution in [0.25, 0.3) is 0 Å². The SMILES string of the molecule is CC(C)(C)[Si](C)(C)OC(=O)N[C@@H]1Cc2ccccc2[C@H]1COCCC(=O)O. The van der Waals surface area contributed by atoms with E-state index in [1.165, 1.54) is 5.56 Å². The third-order valence-electron chi connectivity index (χ3n) is 5.60. The summed E-state index contributed by atoms with van der Waals surface area (Å²) in [5, 5.41) is 11.7. The Morgan fingerprint density at radius 2 is 1.93 bits per heavy atom. The second-order valence-electron chi connectivity index (χ2n) is 8.63. The Hall–Kier alpha value is -1.86. The van der Waals surface area contributed by atoms with E-state index in [9.17, 15) is 9.59 Å². The van der Waals surface area contributed by atoms with Crippen LogP contribution in [0.4, 0.5) is 4.79 Å². The number of carbonyl (C=O) groups excluding carboxylic acids is 1. The molecule has 0 bridgehead atoms. The molecule has 0 unspecified atom stereocenters. The van der Waals surface area contributed by atoms with Gasteiger partial charge in [-0.05, 0) is 35.7 Å². The van der Waals surface area contributed by atoms with Crippen molar-refractivity contribution in [3.8, 4) is 0 Å². The zero-order chi connectivity index (χ0) is 20.2. The van der Waals surface area contributed by atoms with Gasteiger partial charge in [-0.3, -0.25) is 4.79 Å². The molecule has 1 amide bonds. The smallest absolute Gasteiger partial charge is 0.393 e. The molecule has 150 valence electrons. The molecule has 1 aliphatic carbocycles. The first-order chi connectivity index (χ1) is 12.5. The van der Waals surface area contributed by atoms with Gasteiger partial charge < -0.3 is 19.6 Å². The van der Waals surface area contributed by atoms with Crippen molar-refractivity contribution in [3.63, 3.8) is 0 Å². The quantitative estimate of drug-likeness (QED) is 0.542. The Labute approximate surface area is 162 Å². The van der Waals surface area contributed by atoms with Crippen molar-refractivity contribution in [2.75, 3.05) is 13.2 Å². The zero-order valence-electron chi connectivity index (χ0n) is 16.9. The molecule has 2 N–H and O–H groups in total. The van der Waals surface area contributed by atoms with Crippen LogP contribution in [-0.4, -0.2) is 44.7 Å². The van der Waals surface area contributed by atoms with Crippen LogP contribution in [0.15, 0.2) is 24.3 Å². The van der Waals surface area contributed by atoms with E-state index in [0.29, 0.717) is 6.61 Å². The van der Waals surface area contributed by atoms with Crippen LogP contribution >= 0.6 is 0 Å². The standard InChI is InChI=1S/C20H31NO5Si/c1-20(2,3)27(4,5)26-19(24)21-17-12-14-8-6-7-9-15(14)16(17)13-25-11-10-18(22)23/h6-9,16-17H,10-13H2,1-5H3,(H,21,24)(H,22,23)/t16-,17-/m1/s1. The summed E-state index contributed by atoms with van der Waals surface area (Å²) >= 11 is 0. The summed E-state index contributed by atoms with van der Waals surface area (Å²) in [6.07, 6.45) is 0.310. The minimum Gasteiger partial charge on any atom is -0.504 e. The number of carbonyl (C=O) groups is 2. The van der Waals surface area contributed by atoms with E-state index in [2.05, 4.69) is 32.2 Å². The van der Waals surface area contributed by atoms with E-state index in [1.807, 2.05) is 31.3 Å². The molecule has 0 saturated carbocycles. The highest BCUT2D eigenvalue weighted by atomic mass is 28.4. The lowest BCUT2D eigenvalue weighted by Crippen LogP contribution is -2.48. The highest BCUT2D eigenvalue weighted by Crippen LogP contribution is 2.37. The van der Waals surface area contributed by atoms with E-state index < -0.39 is 14.3 Å².